The van der Waals surface area contributed by atoms with E-state index in [-0.39, 0.29) is 0 Å². The van der Waals surface area contributed by atoms with Gasteiger partial charge in [-0.15, -0.1) is 0 Å². The van der Waals surface area contributed by atoms with Crippen LogP contribution in [-0.4, -0.2) is 29.9 Å². The van der Waals surface area contributed by atoms with Gasteiger partial charge in [0.2, 0.25) is 0 Å². The van der Waals surface area contributed by atoms with Crippen molar-refractivity contribution in [3.8, 4) is 78.9 Å². The summed E-state index contributed by atoms with van der Waals surface area (Å²) in [6.45, 7) is 0. The summed E-state index contributed by atoms with van der Waals surface area (Å²) in [7, 11) is 0. The third-order valence-corrected chi connectivity index (χ3v) is 13.1. The fourth-order valence-corrected chi connectivity index (χ4v) is 10.5. The van der Waals surface area contributed by atoms with E-state index in [2.05, 4.69) is 119 Å². The van der Waals surface area contributed by atoms with Gasteiger partial charge in [-0.2, -0.15) is 0 Å². The molecule has 0 radical (unpaired) electrons. The molecule has 7 heteroatoms. The van der Waals surface area contributed by atoms with Crippen LogP contribution in [0.1, 0.15) is 22.3 Å². The minimum atomic E-state index is -0.552. The van der Waals surface area contributed by atoms with Crippen LogP contribution >= 0.6 is 11.8 Å². The molecule has 10 aromatic rings. The van der Waals surface area contributed by atoms with E-state index < -0.39 is 5.41 Å². The smallest absolute Gasteiger partial charge is 0.164 e. The van der Waals surface area contributed by atoms with Gasteiger partial charge < -0.3 is 0 Å². The van der Waals surface area contributed by atoms with E-state index >= 15 is 0 Å². The second-order valence-corrected chi connectivity index (χ2v) is 16.6. The van der Waals surface area contributed by atoms with Gasteiger partial charge in [-0.3, -0.25) is 9.97 Å². The molecule has 4 aromatic heterocycles. The lowest BCUT2D eigenvalue weighted by atomic mass is 9.67. The Labute approximate surface area is 363 Å². The Balaban J connectivity index is 1.07. The fourth-order valence-electron chi connectivity index (χ4n) is 9.19. The van der Waals surface area contributed by atoms with Crippen molar-refractivity contribution >= 4 is 11.8 Å². The van der Waals surface area contributed by atoms with E-state index in [1.807, 2.05) is 85.2 Å². The zero-order valence-corrected chi connectivity index (χ0v) is 34.0. The van der Waals surface area contributed by atoms with E-state index in [1.54, 1.807) is 24.2 Å². The van der Waals surface area contributed by atoms with Gasteiger partial charge in [-0.25, -0.2) is 19.9 Å². The predicted molar refractivity (Wildman–Crippen MR) is 247 cm³/mol. The molecule has 0 fully saturated rings. The number of aromatic nitrogens is 6. The van der Waals surface area contributed by atoms with Crippen LogP contribution in [0.4, 0.5) is 0 Å². The van der Waals surface area contributed by atoms with E-state index in [4.69, 9.17) is 19.9 Å². The van der Waals surface area contributed by atoms with Crippen LogP contribution in [0.15, 0.2) is 217 Å². The number of nitrogens with zero attached hydrogens (tertiary/aromatic N) is 6. The van der Waals surface area contributed by atoms with Crippen molar-refractivity contribution in [1.29, 1.82) is 0 Å². The zero-order valence-electron chi connectivity index (χ0n) is 33.2. The Hall–Kier alpha value is -7.87. The van der Waals surface area contributed by atoms with Gasteiger partial charge in [0.15, 0.2) is 17.5 Å². The lowest BCUT2D eigenvalue weighted by Crippen LogP contribution is -2.32. The van der Waals surface area contributed by atoms with Gasteiger partial charge in [0.05, 0.1) is 16.8 Å². The lowest BCUT2D eigenvalue weighted by Gasteiger charge is -2.40. The van der Waals surface area contributed by atoms with Gasteiger partial charge in [0, 0.05) is 62.4 Å². The first kappa shape index (κ1) is 36.0. The first-order valence-corrected chi connectivity index (χ1v) is 21.4. The van der Waals surface area contributed by atoms with Crippen molar-refractivity contribution < 1.29 is 0 Å². The van der Waals surface area contributed by atoms with Crippen LogP contribution in [-0.2, 0) is 5.41 Å². The van der Waals surface area contributed by atoms with Crippen molar-refractivity contribution in [3.05, 3.63) is 229 Å². The van der Waals surface area contributed by atoms with E-state index in [9.17, 15) is 0 Å². The summed E-state index contributed by atoms with van der Waals surface area (Å²) >= 11 is 1.81. The molecule has 2 aliphatic rings. The minimum Gasteiger partial charge on any atom is -0.264 e. The Morgan fingerprint density at radius 3 is 1.29 bits per heavy atom. The molecule has 6 aromatic carbocycles. The Bertz CT molecular complexity index is 2980. The molecule has 0 bridgehead atoms. The number of rotatable bonds is 6. The SMILES string of the molecule is c1ccc(-c2nc(-c3ccccc3)nc(-c3ccc4c(c3)Sc3cc(-c5cc(-c6cccnc6)nc(-c6cccnc6)c5)ccc3C43c4ccccc4-c4ccccc43)n2)cc1. The predicted octanol–water partition coefficient (Wildman–Crippen LogP) is 12.9. The highest BCUT2D eigenvalue weighted by atomic mass is 32.2. The quantitative estimate of drug-likeness (QED) is 0.165. The molecule has 62 heavy (non-hydrogen) atoms. The summed E-state index contributed by atoms with van der Waals surface area (Å²) in [5.41, 5.74) is 15.6. The monoisotopic (exact) mass is 810 g/mol. The largest absolute Gasteiger partial charge is 0.264 e. The molecule has 0 amide bonds. The summed E-state index contributed by atoms with van der Waals surface area (Å²) < 4.78 is 0. The summed E-state index contributed by atoms with van der Waals surface area (Å²) in [6, 6.07) is 64.2. The molecular formula is C55H34N6S. The number of pyridine rings is 3. The van der Waals surface area contributed by atoms with Crippen LogP contribution in [0.3, 0.4) is 0 Å². The van der Waals surface area contributed by atoms with Crippen LogP contribution in [0.2, 0.25) is 0 Å². The van der Waals surface area contributed by atoms with Crippen LogP contribution in [0.25, 0.3) is 78.9 Å². The molecule has 0 atom stereocenters. The van der Waals surface area contributed by atoms with Crippen molar-refractivity contribution in [2.45, 2.75) is 15.2 Å². The van der Waals surface area contributed by atoms with Gasteiger partial charge in [0.1, 0.15) is 0 Å². The molecule has 0 N–H and O–H groups in total. The summed E-state index contributed by atoms with van der Waals surface area (Å²) in [4.78, 5) is 31.5. The average Bonchev–Trinajstić information content (AvgIpc) is 3.65. The highest BCUT2D eigenvalue weighted by Gasteiger charge is 2.50. The Morgan fingerprint density at radius 2 is 0.774 bits per heavy atom. The van der Waals surface area contributed by atoms with Crippen LogP contribution in [0, 0.1) is 0 Å². The normalized spacial score (nSPS) is 12.9. The van der Waals surface area contributed by atoms with Crippen LogP contribution < -0.4 is 0 Å². The Morgan fingerprint density at radius 1 is 0.323 bits per heavy atom. The summed E-state index contributed by atoms with van der Waals surface area (Å²) in [5, 5.41) is 0. The fraction of sp³-hybridized carbons (Fsp3) is 0.0182. The molecule has 6 nitrogen and oxygen atoms in total. The van der Waals surface area contributed by atoms with Crippen molar-refractivity contribution in [2.75, 3.05) is 0 Å². The maximum Gasteiger partial charge on any atom is 0.164 e. The minimum absolute atomic E-state index is 0.552. The van der Waals surface area contributed by atoms with E-state index in [1.165, 1.54) is 38.3 Å². The molecule has 0 saturated heterocycles. The van der Waals surface area contributed by atoms with Gasteiger partial charge >= 0.3 is 0 Å². The molecule has 0 saturated carbocycles. The van der Waals surface area contributed by atoms with Gasteiger partial charge in [-0.05, 0) is 93.0 Å². The third-order valence-electron chi connectivity index (χ3n) is 12.0. The molecule has 0 unspecified atom stereocenters. The first-order valence-electron chi connectivity index (χ1n) is 20.6. The lowest BCUT2D eigenvalue weighted by molar-refractivity contribution is 0.722. The molecule has 12 rings (SSSR count). The topological polar surface area (TPSA) is 77.3 Å². The van der Waals surface area contributed by atoms with Crippen molar-refractivity contribution in [1.82, 2.24) is 29.9 Å². The molecular weight excluding hydrogens is 777 g/mol. The highest BCUT2D eigenvalue weighted by molar-refractivity contribution is 7.99. The number of fused-ring (bicyclic) bond motifs is 9. The van der Waals surface area contributed by atoms with Gasteiger partial charge in [-0.1, -0.05) is 145 Å². The molecule has 1 spiro atoms. The highest BCUT2D eigenvalue weighted by Crippen LogP contribution is 2.62. The number of hydrogen-bond donors (Lipinski definition) is 0. The third kappa shape index (κ3) is 5.89. The zero-order chi connectivity index (χ0) is 41.0. The Kier molecular flexibility index (Phi) is 8.54. The van der Waals surface area contributed by atoms with E-state index in [0.29, 0.717) is 17.5 Å². The second-order valence-electron chi connectivity index (χ2n) is 15.5. The van der Waals surface area contributed by atoms with Crippen molar-refractivity contribution in [2.24, 2.45) is 0 Å². The van der Waals surface area contributed by atoms with Crippen molar-refractivity contribution in [3.63, 3.8) is 0 Å². The van der Waals surface area contributed by atoms with Crippen LogP contribution in [0.5, 0.6) is 0 Å². The molecule has 290 valence electrons. The summed E-state index contributed by atoms with van der Waals surface area (Å²) in [6.07, 6.45) is 7.32. The molecule has 5 heterocycles. The first-order chi connectivity index (χ1) is 30.7. The second kappa shape index (κ2) is 14.7. The summed E-state index contributed by atoms with van der Waals surface area (Å²) in [5.74, 6) is 1.90. The number of hydrogen-bond acceptors (Lipinski definition) is 7. The van der Waals surface area contributed by atoms with Gasteiger partial charge in [0.25, 0.3) is 0 Å². The maximum atomic E-state index is 5.13. The molecule has 1 aliphatic carbocycles. The standard InChI is InChI=1S/C55H34N6S/c1-3-13-35(14-4-1)52-59-53(36-15-5-2-6-16-36)61-54(60-52)38-24-26-47-51(32-38)62-50-31-37(23-25-46(50)55(47)44-21-9-7-19-42(44)43-20-8-10-22-45(43)55)41-29-48(39-17-11-27-56-33-39)58-49(30-41)40-18-12-28-57-34-40/h1-34H. The van der Waals surface area contributed by atoms with E-state index in [0.717, 1.165) is 55.2 Å². The number of benzene rings is 6. The molecule has 1 aliphatic heterocycles. The maximum absolute atomic E-state index is 5.13. The average molecular weight is 811 g/mol.